The molecule has 0 saturated carbocycles. The molecule has 13 rings (SSSR count). The van der Waals surface area contributed by atoms with Crippen molar-refractivity contribution in [3.8, 4) is 61.8 Å². The van der Waals surface area contributed by atoms with Crippen LogP contribution in [0.15, 0.2) is 221 Å². The summed E-state index contributed by atoms with van der Waals surface area (Å²) in [6.45, 7) is 0. The molecule has 4 heterocycles. The van der Waals surface area contributed by atoms with Crippen molar-refractivity contribution < 1.29 is 8.83 Å². The Kier molecular flexibility index (Phi) is 7.84. The lowest BCUT2D eigenvalue weighted by Gasteiger charge is -2.16. The zero-order valence-electron chi connectivity index (χ0n) is 33.9. The average molecular weight is 806 g/mol. The number of rotatable bonds is 6. The molecule has 5 nitrogen and oxygen atoms in total. The van der Waals surface area contributed by atoms with E-state index in [9.17, 15) is 0 Å². The first-order valence-electron chi connectivity index (χ1n) is 21.2. The molecule has 0 amide bonds. The highest BCUT2D eigenvalue weighted by atomic mass is 16.3. The molecule has 0 spiro atoms. The summed E-state index contributed by atoms with van der Waals surface area (Å²) in [5, 5.41) is 6.73. The molecule has 0 unspecified atom stereocenters. The van der Waals surface area contributed by atoms with Crippen molar-refractivity contribution in [1.82, 2.24) is 14.5 Å². The van der Waals surface area contributed by atoms with Crippen LogP contribution in [0.25, 0.3) is 128 Å². The molecular formula is C58H35N3O2. The minimum absolute atomic E-state index is 0.611. The topological polar surface area (TPSA) is 57.0 Å². The highest BCUT2D eigenvalue weighted by Crippen LogP contribution is 2.43. The van der Waals surface area contributed by atoms with Gasteiger partial charge in [-0.25, -0.2) is 9.97 Å². The van der Waals surface area contributed by atoms with Gasteiger partial charge in [0, 0.05) is 60.1 Å². The van der Waals surface area contributed by atoms with E-state index in [0.29, 0.717) is 5.82 Å². The van der Waals surface area contributed by atoms with E-state index in [-0.39, 0.29) is 0 Å². The normalized spacial score (nSPS) is 11.8. The second-order valence-electron chi connectivity index (χ2n) is 16.1. The molecular weight excluding hydrogens is 771 g/mol. The third-order valence-electron chi connectivity index (χ3n) is 12.4. The zero-order chi connectivity index (χ0) is 41.4. The van der Waals surface area contributed by atoms with Crippen LogP contribution < -0.4 is 0 Å². The largest absolute Gasteiger partial charge is 0.455 e. The molecule has 0 saturated heterocycles. The smallest absolute Gasteiger partial charge is 0.160 e. The fraction of sp³-hybridized carbons (Fsp3) is 0. The van der Waals surface area contributed by atoms with Crippen LogP contribution in [-0.4, -0.2) is 14.5 Å². The van der Waals surface area contributed by atoms with Gasteiger partial charge in [0.25, 0.3) is 0 Å². The van der Waals surface area contributed by atoms with Crippen LogP contribution in [0, 0.1) is 0 Å². The van der Waals surface area contributed by atoms with E-state index >= 15 is 0 Å². The summed E-state index contributed by atoms with van der Waals surface area (Å²) in [6, 6.07) is 74.2. The van der Waals surface area contributed by atoms with Crippen molar-refractivity contribution in [3.05, 3.63) is 212 Å². The fourth-order valence-electron chi connectivity index (χ4n) is 9.56. The van der Waals surface area contributed by atoms with Crippen LogP contribution in [0.3, 0.4) is 0 Å². The predicted molar refractivity (Wildman–Crippen MR) is 258 cm³/mol. The van der Waals surface area contributed by atoms with Gasteiger partial charge < -0.3 is 13.4 Å². The van der Waals surface area contributed by atoms with Gasteiger partial charge in [-0.15, -0.1) is 0 Å². The standard InChI is InChI=1S/C58H35N3O2/c1-2-16-36(17-3-1)49-35-50(48-22-6-11-29-53(48)61-51-27-9-4-18-42(51)43-19-5-10-28-52(43)61)60-58(59-49)39-33-37(40-23-14-25-46-44-20-7-12-30-54(44)62-56(40)46)32-38(34-39)41-24-15-26-47-45-21-8-13-31-55(45)63-57(41)47/h1-35H. The third-order valence-corrected chi connectivity index (χ3v) is 12.4. The van der Waals surface area contributed by atoms with Crippen molar-refractivity contribution in [1.29, 1.82) is 0 Å². The molecule has 63 heavy (non-hydrogen) atoms. The number of hydrogen-bond acceptors (Lipinski definition) is 4. The number of furan rings is 2. The lowest BCUT2D eigenvalue weighted by molar-refractivity contribution is 0.670. The van der Waals surface area contributed by atoms with E-state index in [1.165, 1.54) is 10.8 Å². The van der Waals surface area contributed by atoms with Crippen LogP contribution in [-0.2, 0) is 0 Å². The van der Waals surface area contributed by atoms with Crippen molar-refractivity contribution in [2.24, 2.45) is 0 Å². The van der Waals surface area contributed by atoms with E-state index in [1.807, 2.05) is 30.3 Å². The molecule has 9 aromatic carbocycles. The molecule has 0 atom stereocenters. The first-order valence-corrected chi connectivity index (χ1v) is 21.2. The molecule has 5 heteroatoms. The second-order valence-corrected chi connectivity index (χ2v) is 16.1. The van der Waals surface area contributed by atoms with Gasteiger partial charge in [-0.3, -0.25) is 0 Å². The van der Waals surface area contributed by atoms with Crippen molar-refractivity contribution in [2.45, 2.75) is 0 Å². The van der Waals surface area contributed by atoms with Gasteiger partial charge in [0.1, 0.15) is 22.3 Å². The Labute approximate surface area is 361 Å². The molecule has 294 valence electrons. The zero-order valence-corrected chi connectivity index (χ0v) is 33.9. The van der Waals surface area contributed by atoms with Gasteiger partial charge in [-0.1, -0.05) is 158 Å². The molecule has 0 N–H and O–H groups in total. The molecule has 13 aromatic rings. The minimum Gasteiger partial charge on any atom is -0.455 e. The quantitative estimate of drug-likeness (QED) is 0.168. The SMILES string of the molecule is c1ccc(-c2cc(-c3ccccc3-n3c4ccccc4c4ccccc43)nc(-c3cc(-c4cccc5c4oc4ccccc45)cc(-c4cccc5c4oc4ccccc45)c3)n2)cc1. The molecule has 0 fully saturated rings. The molecule has 0 aliphatic heterocycles. The first-order chi connectivity index (χ1) is 31.2. The molecule has 0 aliphatic rings. The fourth-order valence-corrected chi connectivity index (χ4v) is 9.56. The first kappa shape index (κ1) is 35.2. The number of aromatic nitrogens is 3. The lowest BCUT2D eigenvalue weighted by atomic mass is 9.93. The van der Waals surface area contributed by atoms with Gasteiger partial charge in [-0.2, -0.15) is 0 Å². The third kappa shape index (κ3) is 5.64. The van der Waals surface area contributed by atoms with Gasteiger partial charge in [0.15, 0.2) is 5.82 Å². The average Bonchev–Trinajstić information content (AvgIpc) is 4.04. The van der Waals surface area contributed by atoms with E-state index in [4.69, 9.17) is 18.8 Å². The summed E-state index contributed by atoms with van der Waals surface area (Å²) >= 11 is 0. The Morgan fingerprint density at radius 3 is 1.40 bits per heavy atom. The van der Waals surface area contributed by atoms with Crippen LogP contribution in [0.1, 0.15) is 0 Å². The van der Waals surface area contributed by atoms with Crippen LogP contribution in [0.2, 0.25) is 0 Å². The predicted octanol–water partition coefficient (Wildman–Crippen LogP) is 15.7. The minimum atomic E-state index is 0.611. The number of fused-ring (bicyclic) bond motifs is 9. The maximum absolute atomic E-state index is 6.65. The van der Waals surface area contributed by atoms with Crippen molar-refractivity contribution >= 4 is 65.7 Å². The summed E-state index contributed by atoms with van der Waals surface area (Å²) < 4.78 is 15.7. The maximum atomic E-state index is 6.65. The van der Waals surface area contributed by atoms with Crippen LogP contribution in [0.5, 0.6) is 0 Å². The Hall–Kier alpha value is -8.54. The van der Waals surface area contributed by atoms with Gasteiger partial charge >= 0.3 is 0 Å². The Morgan fingerprint density at radius 2 is 0.778 bits per heavy atom. The highest BCUT2D eigenvalue weighted by molar-refractivity contribution is 6.12. The molecule has 0 radical (unpaired) electrons. The number of benzene rings is 9. The van der Waals surface area contributed by atoms with Crippen LogP contribution in [0.4, 0.5) is 0 Å². The number of nitrogens with zero attached hydrogens (tertiary/aromatic N) is 3. The molecule has 0 bridgehead atoms. The van der Waals surface area contributed by atoms with E-state index in [1.54, 1.807) is 0 Å². The van der Waals surface area contributed by atoms with Gasteiger partial charge in [0.2, 0.25) is 0 Å². The Morgan fingerprint density at radius 1 is 0.317 bits per heavy atom. The number of hydrogen-bond donors (Lipinski definition) is 0. The molecule has 4 aromatic heterocycles. The van der Waals surface area contributed by atoms with Crippen molar-refractivity contribution in [3.63, 3.8) is 0 Å². The van der Waals surface area contributed by atoms with E-state index in [2.05, 4.69) is 187 Å². The highest BCUT2D eigenvalue weighted by Gasteiger charge is 2.21. The summed E-state index contributed by atoms with van der Waals surface area (Å²) in [7, 11) is 0. The lowest BCUT2D eigenvalue weighted by Crippen LogP contribution is -2.01. The van der Waals surface area contributed by atoms with E-state index in [0.717, 1.165) is 111 Å². The van der Waals surface area contributed by atoms with Crippen molar-refractivity contribution in [2.75, 3.05) is 0 Å². The maximum Gasteiger partial charge on any atom is 0.160 e. The molecule has 0 aliphatic carbocycles. The summed E-state index contributed by atoms with van der Waals surface area (Å²) in [6.07, 6.45) is 0. The monoisotopic (exact) mass is 805 g/mol. The summed E-state index contributed by atoms with van der Waals surface area (Å²) in [5.74, 6) is 0.611. The second kappa shape index (κ2) is 14.0. The summed E-state index contributed by atoms with van der Waals surface area (Å²) in [4.78, 5) is 10.9. The Balaban J connectivity index is 1.08. The summed E-state index contributed by atoms with van der Waals surface area (Å²) in [5.41, 5.74) is 15.2. The van der Waals surface area contributed by atoms with Gasteiger partial charge in [-0.05, 0) is 65.7 Å². The van der Waals surface area contributed by atoms with Crippen LogP contribution >= 0.6 is 0 Å². The van der Waals surface area contributed by atoms with E-state index < -0.39 is 0 Å². The van der Waals surface area contributed by atoms with Gasteiger partial charge in [0.05, 0.1) is 28.1 Å². The number of para-hydroxylation sites is 7. The Bertz CT molecular complexity index is 3740.